The minimum absolute atomic E-state index is 0.167. The van der Waals surface area contributed by atoms with Crippen LogP contribution in [0.25, 0.3) is 0 Å². The molecule has 0 fully saturated rings. The van der Waals surface area contributed by atoms with Gasteiger partial charge < -0.3 is 5.73 Å². The van der Waals surface area contributed by atoms with Crippen LogP contribution in [0.3, 0.4) is 0 Å². The van der Waals surface area contributed by atoms with Gasteiger partial charge in [0.1, 0.15) is 5.82 Å². The monoisotopic (exact) mass is 158 g/mol. The summed E-state index contributed by atoms with van der Waals surface area (Å²) in [6, 6.07) is 5.16. The fourth-order valence-electron chi connectivity index (χ4n) is 0.645. The number of hydrogen-bond acceptors (Lipinski definition) is 1. The summed E-state index contributed by atoms with van der Waals surface area (Å²) in [5, 5.41) is 0.391. The number of nitrogens with two attached hydrogens (primary N) is 1. The Balaban J connectivity index is 3.09. The minimum Gasteiger partial charge on any atom is -0.326 e. The highest BCUT2D eigenvalue weighted by Gasteiger charge is 1.99. The van der Waals surface area contributed by atoms with Gasteiger partial charge in [-0.05, 0) is 12.1 Å². The van der Waals surface area contributed by atoms with E-state index in [4.69, 9.17) is 17.3 Å². The predicted molar refractivity (Wildman–Crippen MR) is 38.1 cm³/mol. The van der Waals surface area contributed by atoms with Crippen LogP contribution in [0.4, 0.5) is 4.39 Å². The quantitative estimate of drug-likeness (QED) is 0.662. The molecule has 1 radical (unpaired) electrons. The second-order valence-corrected chi connectivity index (χ2v) is 2.27. The number of halogens is 2. The van der Waals surface area contributed by atoms with Crippen LogP contribution in [0.2, 0.25) is 5.02 Å². The highest BCUT2D eigenvalue weighted by molar-refractivity contribution is 6.30. The third-order valence-electron chi connectivity index (χ3n) is 1.16. The van der Waals surface area contributed by atoms with Crippen LogP contribution < -0.4 is 5.73 Å². The fourth-order valence-corrected chi connectivity index (χ4v) is 0.831. The van der Waals surface area contributed by atoms with Gasteiger partial charge in [-0.2, -0.15) is 0 Å². The molecule has 1 aromatic rings. The maximum Gasteiger partial charge on any atom is 0.128 e. The molecule has 10 heavy (non-hydrogen) atoms. The van der Waals surface area contributed by atoms with Gasteiger partial charge in [-0.1, -0.05) is 11.6 Å². The third-order valence-corrected chi connectivity index (χ3v) is 1.38. The van der Waals surface area contributed by atoms with Crippen molar-refractivity contribution in [3.63, 3.8) is 0 Å². The molecule has 0 aromatic heterocycles. The molecule has 0 bridgehead atoms. The van der Waals surface area contributed by atoms with E-state index in [0.717, 1.165) is 0 Å². The summed E-state index contributed by atoms with van der Waals surface area (Å²) in [6.45, 7) is 0.167. The molecule has 2 N–H and O–H groups in total. The van der Waals surface area contributed by atoms with E-state index >= 15 is 0 Å². The third kappa shape index (κ3) is 1.46. The Kier molecular flexibility index (Phi) is 2.25. The van der Waals surface area contributed by atoms with Crippen molar-refractivity contribution in [3.05, 3.63) is 34.6 Å². The van der Waals surface area contributed by atoms with Crippen molar-refractivity contribution >= 4 is 11.6 Å². The molecule has 1 aromatic carbocycles. The van der Waals surface area contributed by atoms with Crippen LogP contribution in [-0.4, -0.2) is 0 Å². The smallest absolute Gasteiger partial charge is 0.128 e. The average molecular weight is 159 g/mol. The van der Waals surface area contributed by atoms with Gasteiger partial charge in [-0.15, -0.1) is 0 Å². The Hall–Kier alpha value is -0.600. The van der Waals surface area contributed by atoms with E-state index in [9.17, 15) is 4.39 Å². The first-order valence-electron chi connectivity index (χ1n) is 2.79. The van der Waals surface area contributed by atoms with E-state index in [1.165, 1.54) is 12.1 Å². The molecule has 53 valence electrons. The lowest BCUT2D eigenvalue weighted by Crippen LogP contribution is -1.98. The molecule has 0 heterocycles. The van der Waals surface area contributed by atoms with E-state index < -0.39 is 0 Å². The Morgan fingerprint density at radius 1 is 1.70 bits per heavy atom. The van der Waals surface area contributed by atoms with Crippen molar-refractivity contribution in [2.45, 2.75) is 6.54 Å². The van der Waals surface area contributed by atoms with E-state index in [1.54, 1.807) is 0 Å². The van der Waals surface area contributed by atoms with Crippen molar-refractivity contribution < 1.29 is 4.39 Å². The molecule has 0 saturated carbocycles. The van der Waals surface area contributed by atoms with Crippen LogP contribution in [0.5, 0.6) is 0 Å². The first-order chi connectivity index (χ1) is 4.74. The van der Waals surface area contributed by atoms with Crippen molar-refractivity contribution in [1.82, 2.24) is 0 Å². The van der Waals surface area contributed by atoms with Crippen molar-refractivity contribution in [2.24, 2.45) is 5.73 Å². The van der Waals surface area contributed by atoms with Gasteiger partial charge in [-0.3, -0.25) is 0 Å². The lowest BCUT2D eigenvalue weighted by atomic mass is 10.2. The van der Waals surface area contributed by atoms with E-state index in [0.29, 0.717) is 10.6 Å². The van der Waals surface area contributed by atoms with Crippen LogP contribution in [0.15, 0.2) is 12.1 Å². The molecule has 0 aliphatic rings. The maximum atomic E-state index is 12.6. The van der Waals surface area contributed by atoms with E-state index in [-0.39, 0.29) is 12.4 Å². The zero-order chi connectivity index (χ0) is 7.56. The molecule has 0 unspecified atom stereocenters. The van der Waals surface area contributed by atoms with Crippen LogP contribution >= 0.6 is 11.6 Å². The Bertz CT molecular complexity index is 237. The Morgan fingerprint density at radius 3 is 2.90 bits per heavy atom. The normalized spacial score (nSPS) is 9.90. The van der Waals surface area contributed by atoms with Crippen LogP contribution in [-0.2, 0) is 6.54 Å². The molecule has 1 nitrogen and oxygen atoms in total. The number of hydrogen-bond donors (Lipinski definition) is 1. The van der Waals surface area contributed by atoms with Gasteiger partial charge in [0.05, 0.1) is 0 Å². The Labute approximate surface area is 63.6 Å². The standard InChI is InChI=1S/C7H6ClFN/c8-6-1-2-7(9)5(3-6)4-10/h2-3H,4,10H2. The largest absolute Gasteiger partial charge is 0.326 e. The average Bonchev–Trinajstić information content (AvgIpc) is 1.94. The second-order valence-electron chi connectivity index (χ2n) is 1.86. The molecule has 0 atom stereocenters. The summed E-state index contributed by atoms with van der Waals surface area (Å²) >= 11 is 5.52. The van der Waals surface area contributed by atoms with Gasteiger partial charge in [0.15, 0.2) is 0 Å². The molecular formula is C7H6ClFN. The SMILES string of the molecule is NCc1cc(Cl)[c]cc1F. The summed E-state index contributed by atoms with van der Waals surface area (Å²) in [4.78, 5) is 0. The summed E-state index contributed by atoms with van der Waals surface area (Å²) in [5.41, 5.74) is 5.63. The van der Waals surface area contributed by atoms with E-state index in [2.05, 4.69) is 6.07 Å². The topological polar surface area (TPSA) is 26.0 Å². The van der Waals surface area contributed by atoms with Gasteiger partial charge >= 0.3 is 0 Å². The van der Waals surface area contributed by atoms with Gasteiger partial charge in [0.25, 0.3) is 0 Å². The predicted octanol–water partition coefficient (Wildman–Crippen LogP) is 1.74. The molecule has 0 amide bonds. The molecule has 3 heteroatoms. The lowest BCUT2D eigenvalue weighted by Gasteiger charge is -1.97. The van der Waals surface area contributed by atoms with Crippen molar-refractivity contribution in [3.8, 4) is 0 Å². The number of rotatable bonds is 1. The van der Waals surface area contributed by atoms with E-state index in [1.807, 2.05) is 0 Å². The zero-order valence-corrected chi connectivity index (χ0v) is 5.95. The van der Waals surface area contributed by atoms with Crippen molar-refractivity contribution in [1.29, 1.82) is 0 Å². The summed E-state index contributed by atoms with van der Waals surface area (Å²) in [6.07, 6.45) is 0. The highest BCUT2D eigenvalue weighted by Crippen LogP contribution is 2.12. The molecule has 0 aliphatic carbocycles. The highest BCUT2D eigenvalue weighted by atomic mass is 35.5. The molecule has 0 saturated heterocycles. The Morgan fingerprint density at radius 2 is 2.40 bits per heavy atom. The summed E-state index contributed by atoms with van der Waals surface area (Å²) in [7, 11) is 0. The van der Waals surface area contributed by atoms with Crippen LogP contribution in [0.1, 0.15) is 5.56 Å². The van der Waals surface area contributed by atoms with Crippen molar-refractivity contribution in [2.75, 3.05) is 0 Å². The van der Waals surface area contributed by atoms with Gasteiger partial charge in [0.2, 0.25) is 0 Å². The first kappa shape index (κ1) is 7.51. The summed E-state index contributed by atoms with van der Waals surface area (Å²) < 4.78 is 12.6. The van der Waals surface area contributed by atoms with Gasteiger partial charge in [-0.25, -0.2) is 4.39 Å². The maximum absolute atomic E-state index is 12.6. The zero-order valence-electron chi connectivity index (χ0n) is 5.20. The molecule has 0 spiro atoms. The number of benzene rings is 1. The minimum atomic E-state index is -0.355. The second kappa shape index (κ2) is 2.99. The summed E-state index contributed by atoms with van der Waals surface area (Å²) in [5.74, 6) is -0.355. The fraction of sp³-hybridized carbons (Fsp3) is 0.143. The molecular weight excluding hydrogens is 153 g/mol. The van der Waals surface area contributed by atoms with Crippen LogP contribution in [0, 0.1) is 11.9 Å². The lowest BCUT2D eigenvalue weighted by molar-refractivity contribution is 0.610. The first-order valence-corrected chi connectivity index (χ1v) is 3.17. The molecule has 0 aliphatic heterocycles. The van der Waals surface area contributed by atoms with Gasteiger partial charge in [0, 0.05) is 23.2 Å². The molecule has 1 rings (SSSR count).